The van der Waals surface area contributed by atoms with Crippen LogP contribution in [0.15, 0.2) is 48.8 Å². The van der Waals surface area contributed by atoms with Crippen LogP contribution in [0.5, 0.6) is 0 Å². The van der Waals surface area contributed by atoms with Gasteiger partial charge in [0.2, 0.25) is 5.91 Å². The normalized spacial score (nSPS) is 17.2. The van der Waals surface area contributed by atoms with Crippen LogP contribution in [0.4, 0.5) is 0 Å². The van der Waals surface area contributed by atoms with Gasteiger partial charge in [0.05, 0.1) is 16.3 Å². The van der Waals surface area contributed by atoms with Crippen molar-refractivity contribution in [2.45, 2.75) is 51.1 Å². The number of nitrogens with zero attached hydrogens (tertiary/aromatic N) is 3. The Balaban J connectivity index is 1.30. The van der Waals surface area contributed by atoms with E-state index in [-0.39, 0.29) is 6.04 Å². The number of hydrogen-bond acceptors (Lipinski definition) is 3. The molecule has 0 N–H and O–H groups in total. The van der Waals surface area contributed by atoms with E-state index in [4.69, 9.17) is 4.98 Å². The SMILES string of the molecule is O=C(CCCCCn1cccc1)N1CCC[C@H]1c1nc2ccccc2s1. The Hall–Kier alpha value is -2.14. The minimum absolute atomic E-state index is 0.180. The molecule has 0 radical (unpaired) electrons. The summed E-state index contributed by atoms with van der Waals surface area (Å²) in [6.45, 7) is 1.92. The molecule has 0 spiro atoms. The maximum atomic E-state index is 12.7. The number of para-hydroxylation sites is 1. The predicted molar refractivity (Wildman–Crippen MR) is 106 cm³/mol. The Bertz CT molecular complexity index is 822. The molecule has 3 heterocycles. The van der Waals surface area contributed by atoms with Crippen LogP contribution in [0.3, 0.4) is 0 Å². The fraction of sp³-hybridized carbons (Fsp3) is 0.429. The first-order valence-corrected chi connectivity index (χ1v) is 10.4. The number of benzene rings is 1. The molecule has 0 bridgehead atoms. The van der Waals surface area contributed by atoms with Crippen LogP contribution in [-0.4, -0.2) is 26.9 Å². The number of aryl methyl sites for hydroxylation is 1. The van der Waals surface area contributed by atoms with Crippen LogP contribution in [0, 0.1) is 0 Å². The highest BCUT2D eigenvalue weighted by atomic mass is 32.1. The molecular formula is C21H25N3OS. The Morgan fingerprint density at radius 1 is 1.12 bits per heavy atom. The summed E-state index contributed by atoms with van der Waals surface area (Å²) in [6, 6.07) is 12.5. The van der Waals surface area contributed by atoms with Crippen LogP contribution in [0.1, 0.15) is 49.6 Å². The molecule has 3 aromatic rings. The number of unbranched alkanes of at least 4 members (excludes halogenated alkanes) is 2. The molecule has 2 aromatic heterocycles. The molecule has 4 nitrogen and oxygen atoms in total. The number of carbonyl (C=O) groups excluding carboxylic acids is 1. The first-order chi connectivity index (χ1) is 12.8. The van der Waals surface area contributed by atoms with E-state index in [1.54, 1.807) is 11.3 Å². The fourth-order valence-corrected chi connectivity index (χ4v) is 4.88. The lowest BCUT2D eigenvalue weighted by molar-refractivity contribution is -0.132. The summed E-state index contributed by atoms with van der Waals surface area (Å²) < 4.78 is 3.41. The van der Waals surface area contributed by atoms with Crippen LogP contribution >= 0.6 is 11.3 Å². The number of hydrogen-bond donors (Lipinski definition) is 0. The van der Waals surface area contributed by atoms with Crippen molar-refractivity contribution in [3.63, 3.8) is 0 Å². The van der Waals surface area contributed by atoms with E-state index in [0.717, 1.165) is 55.7 Å². The number of thiazole rings is 1. The molecule has 1 fully saturated rings. The standard InChI is InChI=1S/C21H25N3OS/c25-20(12-2-1-5-13-23-14-6-7-15-23)24-16-8-10-18(24)21-22-17-9-3-4-11-19(17)26-21/h3-4,6-7,9,11,14-15,18H,1-2,5,8,10,12-13,16H2/t18-/m0/s1. The summed E-state index contributed by atoms with van der Waals surface area (Å²) in [6.07, 6.45) is 10.2. The van der Waals surface area contributed by atoms with Gasteiger partial charge in [0.1, 0.15) is 5.01 Å². The average Bonchev–Trinajstić information content (AvgIpc) is 3.39. The quantitative estimate of drug-likeness (QED) is 0.550. The summed E-state index contributed by atoms with van der Waals surface area (Å²) in [5, 5.41) is 1.10. The predicted octanol–water partition coefficient (Wildman–Crippen LogP) is 5.02. The van der Waals surface area contributed by atoms with Crippen LogP contribution in [0.25, 0.3) is 10.2 Å². The molecule has 4 rings (SSSR count). The number of aromatic nitrogens is 2. The minimum Gasteiger partial charge on any atom is -0.354 e. The van der Waals surface area contributed by atoms with Gasteiger partial charge in [-0.2, -0.15) is 0 Å². The maximum Gasteiger partial charge on any atom is 0.223 e. The lowest BCUT2D eigenvalue weighted by atomic mass is 10.1. The van der Waals surface area contributed by atoms with E-state index in [9.17, 15) is 4.79 Å². The van der Waals surface area contributed by atoms with Crippen molar-refractivity contribution < 1.29 is 4.79 Å². The second-order valence-electron chi connectivity index (χ2n) is 7.00. The zero-order valence-electron chi connectivity index (χ0n) is 15.0. The van der Waals surface area contributed by atoms with E-state index in [2.05, 4.69) is 52.2 Å². The highest BCUT2D eigenvalue weighted by Crippen LogP contribution is 2.36. The van der Waals surface area contributed by atoms with Crippen LogP contribution in [0.2, 0.25) is 0 Å². The first-order valence-electron chi connectivity index (χ1n) is 9.57. The molecule has 1 aromatic carbocycles. The third-order valence-electron chi connectivity index (χ3n) is 5.14. The van der Waals surface area contributed by atoms with Gasteiger partial charge in [0.25, 0.3) is 0 Å². The van der Waals surface area contributed by atoms with Gasteiger partial charge in [-0.1, -0.05) is 18.6 Å². The topological polar surface area (TPSA) is 38.1 Å². The van der Waals surface area contributed by atoms with Gasteiger partial charge in [-0.25, -0.2) is 4.98 Å². The molecule has 0 aliphatic carbocycles. The Morgan fingerprint density at radius 2 is 1.96 bits per heavy atom. The molecular weight excluding hydrogens is 342 g/mol. The van der Waals surface area contributed by atoms with E-state index in [1.165, 1.54) is 4.70 Å². The summed E-state index contributed by atoms with van der Waals surface area (Å²) >= 11 is 1.74. The highest BCUT2D eigenvalue weighted by molar-refractivity contribution is 7.18. The molecule has 136 valence electrons. The number of amides is 1. The van der Waals surface area contributed by atoms with Gasteiger partial charge in [-0.3, -0.25) is 4.79 Å². The molecule has 1 saturated heterocycles. The van der Waals surface area contributed by atoms with Gasteiger partial charge in [0, 0.05) is 31.9 Å². The van der Waals surface area contributed by atoms with Gasteiger partial charge in [-0.05, 0) is 49.9 Å². The van der Waals surface area contributed by atoms with Gasteiger partial charge < -0.3 is 9.47 Å². The molecule has 1 aliphatic rings. The minimum atomic E-state index is 0.180. The monoisotopic (exact) mass is 367 g/mol. The first kappa shape index (κ1) is 17.3. The van der Waals surface area contributed by atoms with Crippen LogP contribution < -0.4 is 0 Å². The smallest absolute Gasteiger partial charge is 0.223 e. The zero-order chi connectivity index (χ0) is 17.8. The molecule has 26 heavy (non-hydrogen) atoms. The van der Waals surface area contributed by atoms with Crippen molar-refractivity contribution in [2.75, 3.05) is 6.54 Å². The Morgan fingerprint density at radius 3 is 2.81 bits per heavy atom. The van der Waals surface area contributed by atoms with Crippen molar-refractivity contribution in [1.29, 1.82) is 0 Å². The second-order valence-corrected chi connectivity index (χ2v) is 8.06. The molecule has 1 aliphatic heterocycles. The molecule has 1 atom stereocenters. The maximum absolute atomic E-state index is 12.7. The van der Waals surface area contributed by atoms with Crippen LogP contribution in [-0.2, 0) is 11.3 Å². The zero-order valence-corrected chi connectivity index (χ0v) is 15.8. The van der Waals surface area contributed by atoms with E-state index < -0.39 is 0 Å². The van der Waals surface area contributed by atoms with Gasteiger partial charge >= 0.3 is 0 Å². The number of carbonyl (C=O) groups is 1. The summed E-state index contributed by atoms with van der Waals surface area (Å²) in [7, 11) is 0. The Labute approximate surface area is 158 Å². The number of rotatable bonds is 7. The number of fused-ring (bicyclic) bond motifs is 1. The van der Waals surface area contributed by atoms with Gasteiger partial charge in [-0.15, -0.1) is 11.3 Å². The van der Waals surface area contributed by atoms with E-state index >= 15 is 0 Å². The highest BCUT2D eigenvalue weighted by Gasteiger charge is 2.31. The Kier molecular flexibility index (Phi) is 5.34. The van der Waals surface area contributed by atoms with Crippen molar-refractivity contribution in [3.05, 3.63) is 53.8 Å². The van der Waals surface area contributed by atoms with Crippen molar-refractivity contribution >= 4 is 27.5 Å². The largest absolute Gasteiger partial charge is 0.354 e. The van der Waals surface area contributed by atoms with Crippen molar-refractivity contribution in [1.82, 2.24) is 14.5 Å². The molecule has 1 amide bonds. The lowest BCUT2D eigenvalue weighted by Crippen LogP contribution is -2.30. The third-order valence-corrected chi connectivity index (χ3v) is 6.28. The fourth-order valence-electron chi connectivity index (χ4n) is 3.76. The molecule has 0 unspecified atom stereocenters. The summed E-state index contributed by atoms with van der Waals surface area (Å²) in [5.74, 6) is 0.299. The average molecular weight is 368 g/mol. The summed E-state index contributed by atoms with van der Waals surface area (Å²) in [4.78, 5) is 19.6. The number of likely N-dealkylation sites (tertiary alicyclic amines) is 1. The van der Waals surface area contributed by atoms with E-state index in [1.807, 2.05) is 6.07 Å². The van der Waals surface area contributed by atoms with Crippen molar-refractivity contribution in [3.8, 4) is 0 Å². The molecule has 5 heteroatoms. The second kappa shape index (κ2) is 8.04. The van der Waals surface area contributed by atoms with Crippen molar-refractivity contribution in [2.24, 2.45) is 0 Å². The van der Waals surface area contributed by atoms with E-state index in [0.29, 0.717) is 12.3 Å². The van der Waals surface area contributed by atoms with Gasteiger partial charge in [0.15, 0.2) is 0 Å². The third kappa shape index (κ3) is 3.83. The summed E-state index contributed by atoms with van der Waals surface area (Å²) in [5.41, 5.74) is 1.05. The molecule has 0 saturated carbocycles. The lowest BCUT2D eigenvalue weighted by Gasteiger charge is -2.23.